The summed E-state index contributed by atoms with van der Waals surface area (Å²) in [7, 11) is 0. The van der Waals surface area contributed by atoms with E-state index in [1.165, 1.54) is 68.4 Å². The highest BCUT2D eigenvalue weighted by atomic mass is 16.5. The third-order valence-corrected chi connectivity index (χ3v) is 5.77. The Balaban J connectivity index is 1.26. The molecule has 2 heterocycles. The zero-order valence-electron chi connectivity index (χ0n) is 16.9. The number of hydrogen-bond acceptors (Lipinski definition) is 5. The van der Waals surface area contributed by atoms with Crippen molar-refractivity contribution in [1.29, 1.82) is 0 Å². The summed E-state index contributed by atoms with van der Waals surface area (Å²) in [6.07, 6.45) is 9.88. The number of aryl methyl sites for hydroxylation is 3. The van der Waals surface area contributed by atoms with Crippen molar-refractivity contribution in [3.8, 4) is 0 Å². The number of piperazine rings is 1. The summed E-state index contributed by atoms with van der Waals surface area (Å²) in [6, 6.07) is 4.56. The van der Waals surface area contributed by atoms with Gasteiger partial charge in [-0.2, -0.15) is 0 Å². The Hall–Kier alpha value is -1.46. The lowest BCUT2D eigenvalue weighted by atomic mass is 9.95. The number of esters is 1. The van der Waals surface area contributed by atoms with Gasteiger partial charge in [0, 0.05) is 37.6 Å². The van der Waals surface area contributed by atoms with Crippen LogP contribution in [0.2, 0.25) is 0 Å². The van der Waals surface area contributed by atoms with Crippen LogP contribution in [0.1, 0.15) is 56.0 Å². The summed E-state index contributed by atoms with van der Waals surface area (Å²) in [5, 5.41) is 0. The normalized spacial score (nSPS) is 18.3. The number of aromatic nitrogens is 1. The van der Waals surface area contributed by atoms with E-state index in [-0.39, 0.29) is 5.97 Å². The minimum absolute atomic E-state index is 0.0956. The average Bonchev–Trinajstić information content (AvgIpc) is 2.69. The Bertz CT molecular complexity index is 597. The molecule has 1 saturated heterocycles. The van der Waals surface area contributed by atoms with Gasteiger partial charge in [0.1, 0.15) is 0 Å². The monoisotopic (exact) mass is 373 g/mol. The minimum atomic E-state index is -0.0956. The maximum Gasteiger partial charge on any atom is 0.320 e. The van der Waals surface area contributed by atoms with Crippen molar-refractivity contribution >= 4 is 5.97 Å². The highest BCUT2D eigenvalue weighted by Crippen LogP contribution is 2.20. The molecule has 0 atom stereocenters. The van der Waals surface area contributed by atoms with E-state index < -0.39 is 0 Å². The van der Waals surface area contributed by atoms with Crippen LogP contribution in [0.25, 0.3) is 0 Å². The number of carbonyl (C=O) groups excluding carboxylic acids is 1. The first-order valence-electron chi connectivity index (χ1n) is 10.8. The van der Waals surface area contributed by atoms with Crippen LogP contribution in [0.5, 0.6) is 0 Å². The lowest BCUT2D eigenvalue weighted by Crippen LogP contribution is -2.48. The van der Waals surface area contributed by atoms with Crippen LogP contribution in [0.15, 0.2) is 12.1 Å². The molecule has 0 spiro atoms. The molecule has 0 N–H and O–H groups in total. The van der Waals surface area contributed by atoms with Gasteiger partial charge in [-0.3, -0.25) is 14.7 Å². The molecule has 1 aliphatic carbocycles. The smallest absolute Gasteiger partial charge is 0.320 e. The van der Waals surface area contributed by atoms with Gasteiger partial charge in [0.2, 0.25) is 0 Å². The second-order valence-electron chi connectivity index (χ2n) is 7.85. The summed E-state index contributed by atoms with van der Waals surface area (Å²) in [4.78, 5) is 21.2. The van der Waals surface area contributed by atoms with E-state index in [0.717, 1.165) is 32.6 Å². The second kappa shape index (κ2) is 10.8. The number of rotatable bonds is 9. The quantitative estimate of drug-likeness (QED) is 0.492. The van der Waals surface area contributed by atoms with Crippen LogP contribution in [0, 0.1) is 0 Å². The van der Waals surface area contributed by atoms with Crippen LogP contribution < -0.4 is 0 Å². The minimum Gasteiger partial charge on any atom is -0.465 e. The summed E-state index contributed by atoms with van der Waals surface area (Å²) in [6.45, 7) is 8.00. The van der Waals surface area contributed by atoms with Gasteiger partial charge < -0.3 is 9.64 Å². The van der Waals surface area contributed by atoms with E-state index in [1.54, 1.807) is 0 Å². The summed E-state index contributed by atoms with van der Waals surface area (Å²) in [5.74, 6) is -0.0956. The fourth-order valence-electron chi connectivity index (χ4n) is 4.15. The number of pyridine rings is 1. The van der Waals surface area contributed by atoms with Gasteiger partial charge >= 0.3 is 5.97 Å². The van der Waals surface area contributed by atoms with Crippen LogP contribution in [-0.2, 0) is 28.8 Å². The summed E-state index contributed by atoms with van der Waals surface area (Å²) >= 11 is 0. The standard InChI is InChI=1S/C22H35N3O2/c1-2-27-22(26)18-25-16-14-24(15-17-25)13-7-3-4-9-20-12-11-19-8-5-6-10-21(19)23-20/h11-12H,2-10,13-18H2,1H3. The SMILES string of the molecule is CCOC(=O)CN1CCN(CCCCCc2ccc3c(n2)CCCC3)CC1. The molecule has 0 unspecified atom stereocenters. The van der Waals surface area contributed by atoms with E-state index in [4.69, 9.17) is 9.72 Å². The molecule has 1 aromatic heterocycles. The predicted molar refractivity (Wildman–Crippen MR) is 108 cm³/mol. The van der Waals surface area contributed by atoms with Gasteiger partial charge in [-0.25, -0.2) is 0 Å². The highest BCUT2D eigenvalue weighted by Gasteiger charge is 2.19. The molecule has 0 radical (unpaired) electrons. The Labute approximate surface area is 164 Å². The summed E-state index contributed by atoms with van der Waals surface area (Å²) < 4.78 is 5.03. The molecule has 1 aromatic rings. The van der Waals surface area contributed by atoms with Gasteiger partial charge in [-0.05, 0) is 70.0 Å². The molecule has 2 aliphatic rings. The lowest BCUT2D eigenvalue weighted by molar-refractivity contribution is -0.144. The van der Waals surface area contributed by atoms with Crippen molar-refractivity contribution in [3.05, 3.63) is 29.1 Å². The first-order valence-corrected chi connectivity index (χ1v) is 10.8. The number of fused-ring (bicyclic) bond motifs is 1. The van der Waals surface area contributed by atoms with E-state index in [0.29, 0.717) is 13.2 Å². The molecule has 0 saturated carbocycles. The second-order valence-corrected chi connectivity index (χ2v) is 7.85. The zero-order valence-corrected chi connectivity index (χ0v) is 16.9. The van der Waals surface area contributed by atoms with Crippen molar-refractivity contribution in [1.82, 2.24) is 14.8 Å². The number of unbranched alkanes of at least 4 members (excludes halogenated alkanes) is 2. The number of ether oxygens (including phenoxy) is 1. The first kappa shape index (κ1) is 20.3. The molecule has 5 nitrogen and oxygen atoms in total. The molecule has 1 fully saturated rings. The first-order chi connectivity index (χ1) is 13.2. The molecule has 150 valence electrons. The Morgan fingerprint density at radius 3 is 2.63 bits per heavy atom. The van der Waals surface area contributed by atoms with Crippen molar-refractivity contribution in [2.45, 2.75) is 58.3 Å². The molecule has 3 rings (SSSR count). The number of carbonyl (C=O) groups is 1. The molecule has 5 heteroatoms. The fraction of sp³-hybridized carbons (Fsp3) is 0.727. The van der Waals surface area contributed by atoms with Crippen LogP contribution in [0.4, 0.5) is 0 Å². The van der Waals surface area contributed by atoms with Gasteiger partial charge in [0.15, 0.2) is 0 Å². The molecule has 0 bridgehead atoms. The van der Waals surface area contributed by atoms with Gasteiger partial charge in [0.05, 0.1) is 13.2 Å². The molecule has 0 aromatic carbocycles. The van der Waals surface area contributed by atoms with Crippen molar-refractivity contribution in [2.75, 3.05) is 45.9 Å². The zero-order chi connectivity index (χ0) is 18.9. The van der Waals surface area contributed by atoms with Crippen molar-refractivity contribution < 1.29 is 9.53 Å². The fourth-order valence-corrected chi connectivity index (χ4v) is 4.15. The average molecular weight is 374 g/mol. The van der Waals surface area contributed by atoms with Crippen LogP contribution >= 0.6 is 0 Å². The lowest BCUT2D eigenvalue weighted by Gasteiger charge is -2.34. The van der Waals surface area contributed by atoms with Gasteiger partial charge in [-0.15, -0.1) is 0 Å². The third-order valence-electron chi connectivity index (χ3n) is 5.77. The Kier molecular flexibility index (Phi) is 8.09. The molecular formula is C22H35N3O2. The number of nitrogens with zero attached hydrogens (tertiary/aromatic N) is 3. The van der Waals surface area contributed by atoms with E-state index in [1.807, 2.05) is 6.92 Å². The maximum absolute atomic E-state index is 11.6. The van der Waals surface area contributed by atoms with Crippen LogP contribution in [-0.4, -0.2) is 66.6 Å². The third kappa shape index (κ3) is 6.58. The van der Waals surface area contributed by atoms with E-state index in [2.05, 4.69) is 21.9 Å². The van der Waals surface area contributed by atoms with E-state index in [9.17, 15) is 4.79 Å². The highest BCUT2D eigenvalue weighted by molar-refractivity contribution is 5.71. The topological polar surface area (TPSA) is 45.7 Å². The molecule has 1 aliphatic heterocycles. The molecule has 0 amide bonds. The van der Waals surface area contributed by atoms with Gasteiger partial charge in [-0.1, -0.05) is 12.5 Å². The van der Waals surface area contributed by atoms with Crippen molar-refractivity contribution in [3.63, 3.8) is 0 Å². The number of hydrogen-bond donors (Lipinski definition) is 0. The molecular weight excluding hydrogens is 338 g/mol. The van der Waals surface area contributed by atoms with Crippen molar-refractivity contribution in [2.24, 2.45) is 0 Å². The largest absolute Gasteiger partial charge is 0.465 e. The van der Waals surface area contributed by atoms with Crippen LogP contribution in [0.3, 0.4) is 0 Å². The van der Waals surface area contributed by atoms with Gasteiger partial charge in [0.25, 0.3) is 0 Å². The Morgan fingerprint density at radius 2 is 1.81 bits per heavy atom. The van der Waals surface area contributed by atoms with E-state index >= 15 is 0 Å². The molecule has 27 heavy (non-hydrogen) atoms. The predicted octanol–water partition coefficient (Wildman–Crippen LogP) is 2.85. The Morgan fingerprint density at radius 1 is 1.04 bits per heavy atom. The maximum atomic E-state index is 11.6. The summed E-state index contributed by atoms with van der Waals surface area (Å²) in [5.41, 5.74) is 4.12.